The van der Waals surface area contributed by atoms with E-state index in [0.717, 1.165) is 0 Å². The van der Waals surface area contributed by atoms with Gasteiger partial charge in [-0.25, -0.2) is 0 Å². The van der Waals surface area contributed by atoms with Crippen molar-refractivity contribution in [1.82, 2.24) is 0 Å². The van der Waals surface area contributed by atoms with Gasteiger partial charge in [0.05, 0.1) is 6.10 Å². The van der Waals surface area contributed by atoms with Gasteiger partial charge < -0.3 is 15.5 Å². The summed E-state index contributed by atoms with van der Waals surface area (Å²) in [6.07, 6.45) is -0.831. The summed E-state index contributed by atoms with van der Waals surface area (Å²) in [5, 5.41) is 31.1. The minimum absolute atomic E-state index is 0.00560. The number of oxime groups is 2. The zero-order valence-corrected chi connectivity index (χ0v) is 6.14. The maximum atomic E-state index is 11.0. The van der Waals surface area contributed by atoms with Crippen molar-refractivity contribution in [3.05, 3.63) is 0 Å². The molecule has 0 heterocycles. The second kappa shape index (κ2) is 3.31. The Morgan fingerprint density at radius 1 is 1.17 bits per heavy atom. The number of ketones is 1. The molecule has 0 aliphatic heterocycles. The number of Topliss-reactive ketones (excluding diaryl/α,β-unsaturated/α-hetero) is 1. The number of aliphatic hydroxyl groups is 1. The van der Waals surface area contributed by atoms with Gasteiger partial charge in [0.2, 0.25) is 5.78 Å². The van der Waals surface area contributed by atoms with Crippen LogP contribution in [0, 0.1) is 0 Å². The van der Waals surface area contributed by atoms with E-state index in [1.807, 2.05) is 0 Å². The molecule has 1 rings (SSSR count). The number of nitrogens with zero attached hydrogens (tertiary/aromatic N) is 2. The largest absolute Gasteiger partial charge is 0.411 e. The highest BCUT2D eigenvalue weighted by Gasteiger charge is 2.30. The Balaban J connectivity index is 2.90. The average molecular weight is 172 g/mol. The first-order chi connectivity index (χ1) is 5.69. The van der Waals surface area contributed by atoms with Crippen molar-refractivity contribution in [2.24, 2.45) is 10.3 Å². The van der Waals surface area contributed by atoms with Crippen molar-refractivity contribution in [3.63, 3.8) is 0 Å². The third-order valence-electron chi connectivity index (χ3n) is 1.62. The first-order valence-corrected chi connectivity index (χ1v) is 3.33. The molecule has 12 heavy (non-hydrogen) atoms. The van der Waals surface area contributed by atoms with Gasteiger partial charge in [-0.05, 0) is 0 Å². The van der Waals surface area contributed by atoms with Gasteiger partial charge >= 0.3 is 0 Å². The maximum Gasteiger partial charge on any atom is 0.228 e. The molecule has 1 aliphatic carbocycles. The van der Waals surface area contributed by atoms with E-state index in [1.54, 1.807) is 0 Å². The molecular formula is C6H8N2O4. The lowest BCUT2D eigenvalue weighted by atomic mass is 9.93. The van der Waals surface area contributed by atoms with E-state index in [1.165, 1.54) is 0 Å². The molecule has 6 heteroatoms. The first kappa shape index (κ1) is 8.66. The molecule has 0 saturated heterocycles. The lowest BCUT2D eigenvalue weighted by Crippen LogP contribution is -2.36. The molecule has 66 valence electrons. The van der Waals surface area contributed by atoms with E-state index in [-0.39, 0.29) is 24.3 Å². The van der Waals surface area contributed by atoms with Crippen molar-refractivity contribution >= 4 is 17.2 Å². The van der Waals surface area contributed by atoms with Crippen LogP contribution in [0.4, 0.5) is 0 Å². The number of aliphatic hydroxyl groups excluding tert-OH is 1. The molecule has 1 unspecified atom stereocenters. The summed E-state index contributed by atoms with van der Waals surface area (Å²) in [4.78, 5) is 11.0. The normalized spacial score (nSPS) is 31.4. The molecule has 1 atom stereocenters. The van der Waals surface area contributed by atoms with Crippen molar-refractivity contribution in [3.8, 4) is 0 Å². The van der Waals surface area contributed by atoms with Crippen LogP contribution in [0.5, 0.6) is 0 Å². The van der Waals surface area contributed by atoms with Crippen LogP contribution in [0.25, 0.3) is 0 Å². The minimum atomic E-state index is -0.820. The van der Waals surface area contributed by atoms with Gasteiger partial charge in [-0.15, -0.1) is 0 Å². The highest BCUT2D eigenvalue weighted by atomic mass is 16.4. The van der Waals surface area contributed by atoms with E-state index in [4.69, 9.17) is 15.5 Å². The fourth-order valence-corrected chi connectivity index (χ4v) is 1.04. The lowest BCUT2D eigenvalue weighted by Gasteiger charge is -2.16. The molecule has 6 nitrogen and oxygen atoms in total. The summed E-state index contributed by atoms with van der Waals surface area (Å²) in [6.45, 7) is 0. The molecule has 1 saturated carbocycles. The van der Waals surface area contributed by atoms with E-state index < -0.39 is 11.9 Å². The van der Waals surface area contributed by atoms with E-state index in [0.29, 0.717) is 0 Å². The fraction of sp³-hybridized carbons (Fsp3) is 0.500. The summed E-state index contributed by atoms with van der Waals surface area (Å²) in [5.74, 6) is -0.620. The van der Waals surface area contributed by atoms with Crippen molar-refractivity contribution < 1.29 is 20.3 Å². The Labute approximate surface area is 67.8 Å². The van der Waals surface area contributed by atoms with Gasteiger partial charge in [-0.2, -0.15) is 0 Å². The van der Waals surface area contributed by atoms with Crippen molar-refractivity contribution in [2.45, 2.75) is 18.9 Å². The Hall–Kier alpha value is -1.43. The molecule has 0 aromatic carbocycles. The van der Waals surface area contributed by atoms with Gasteiger partial charge in [0.15, 0.2) is 0 Å². The van der Waals surface area contributed by atoms with Gasteiger partial charge in [0, 0.05) is 12.8 Å². The molecule has 0 bridgehead atoms. The molecule has 0 aromatic heterocycles. The fourth-order valence-electron chi connectivity index (χ4n) is 1.04. The molecule has 0 amide bonds. The quantitative estimate of drug-likeness (QED) is 0.334. The van der Waals surface area contributed by atoms with Gasteiger partial charge in [-0.3, -0.25) is 4.79 Å². The number of carbonyl (C=O) groups is 1. The predicted octanol–water partition coefficient (Wildman–Crippen LogP) is -0.629. The monoisotopic (exact) mass is 172 g/mol. The maximum absolute atomic E-state index is 11.0. The summed E-state index contributed by atoms with van der Waals surface area (Å²) in [7, 11) is 0. The molecule has 3 N–H and O–H groups in total. The lowest BCUT2D eigenvalue weighted by molar-refractivity contribution is -0.108. The number of rotatable bonds is 0. The van der Waals surface area contributed by atoms with Crippen LogP contribution in [0.1, 0.15) is 12.8 Å². The molecule has 1 fully saturated rings. The summed E-state index contributed by atoms with van der Waals surface area (Å²) in [6, 6.07) is 0. The van der Waals surface area contributed by atoms with Crippen LogP contribution < -0.4 is 0 Å². The topological polar surface area (TPSA) is 102 Å². The summed E-state index contributed by atoms with van der Waals surface area (Å²) < 4.78 is 0. The second-order valence-electron chi connectivity index (χ2n) is 2.48. The van der Waals surface area contributed by atoms with E-state index in [9.17, 15) is 4.79 Å². The van der Waals surface area contributed by atoms with Crippen LogP contribution in [-0.2, 0) is 4.79 Å². The molecular weight excluding hydrogens is 164 g/mol. The number of hydrogen-bond donors (Lipinski definition) is 3. The van der Waals surface area contributed by atoms with E-state index in [2.05, 4.69) is 10.3 Å². The van der Waals surface area contributed by atoms with Gasteiger partial charge in [-0.1, -0.05) is 10.3 Å². The second-order valence-corrected chi connectivity index (χ2v) is 2.48. The molecule has 0 radical (unpaired) electrons. The van der Waals surface area contributed by atoms with Crippen LogP contribution in [0.3, 0.4) is 0 Å². The minimum Gasteiger partial charge on any atom is -0.411 e. The zero-order valence-electron chi connectivity index (χ0n) is 6.14. The van der Waals surface area contributed by atoms with Crippen molar-refractivity contribution in [2.75, 3.05) is 0 Å². The smallest absolute Gasteiger partial charge is 0.228 e. The Bertz CT molecular complexity index is 234. The molecule has 1 aliphatic rings. The highest BCUT2D eigenvalue weighted by molar-refractivity contribution is 6.67. The third-order valence-corrected chi connectivity index (χ3v) is 1.62. The first-order valence-electron chi connectivity index (χ1n) is 3.33. The van der Waals surface area contributed by atoms with E-state index >= 15 is 0 Å². The summed E-state index contributed by atoms with van der Waals surface area (Å²) >= 11 is 0. The average Bonchev–Trinajstić information content (AvgIpc) is 2.08. The molecule has 0 spiro atoms. The Morgan fingerprint density at radius 2 is 1.58 bits per heavy atom. The standard InChI is InChI=1S/C6H8N2O4/c9-3-1-4(7-11)6(10)5(2-3)8-12/h3,9,11-12H,1-2H2/b7-4-,8-5+. The van der Waals surface area contributed by atoms with Gasteiger partial charge in [0.1, 0.15) is 11.4 Å². The number of hydrogen-bond acceptors (Lipinski definition) is 6. The Morgan fingerprint density at radius 3 is 1.92 bits per heavy atom. The third kappa shape index (κ3) is 1.42. The predicted molar refractivity (Wildman–Crippen MR) is 38.7 cm³/mol. The highest BCUT2D eigenvalue weighted by Crippen LogP contribution is 2.11. The van der Waals surface area contributed by atoms with Crippen LogP contribution in [0.15, 0.2) is 10.3 Å². The van der Waals surface area contributed by atoms with Gasteiger partial charge in [0.25, 0.3) is 0 Å². The van der Waals surface area contributed by atoms with Crippen LogP contribution in [0.2, 0.25) is 0 Å². The zero-order chi connectivity index (χ0) is 9.14. The van der Waals surface area contributed by atoms with Crippen LogP contribution in [-0.4, -0.2) is 38.8 Å². The molecule has 0 aromatic rings. The Kier molecular flexibility index (Phi) is 2.39. The SMILES string of the molecule is O=C1/C(=N\O)CC(O)C/C1=N\O. The summed E-state index contributed by atoms with van der Waals surface area (Å²) in [5.41, 5.74) is -0.358. The van der Waals surface area contributed by atoms with Crippen molar-refractivity contribution in [1.29, 1.82) is 0 Å². The number of carbonyl (C=O) groups excluding carboxylic acids is 1. The van der Waals surface area contributed by atoms with Crippen LogP contribution >= 0.6 is 0 Å².